The molecule has 1 aromatic carbocycles. The van der Waals surface area contributed by atoms with E-state index in [9.17, 15) is 17.6 Å². The van der Waals surface area contributed by atoms with E-state index < -0.39 is 17.9 Å². The van der Waals surface area contributed by atoms with Gasteiger partial charge in [-0.1, -0.05) is 97.7 Å². The SMILES string of the molecule is C=C(Nc1nc(-c2ccccc2C(F)(F)F)cc2c1CCCC2)C1=C(C)C=CC(F)CC1.CC.CCC.CCCC. The van der Waals surface area contributed by atoms with Crippen LogP contribution in [0.15, 0.2) is 65.9 Å². The van der Waals surface area contributed by atoms with Crippen LogP contribution in [0.3, 0.4) is 0 Å². The molecule has 0 bridgehead atoms. The number of anilines is 1. The van der Waals surface area contributed by atoms with E-state index in [2.05, 4.69) is 44.6 Å². The summed E-state index contributed by atoms with van der Waals surface area (Å²) in [7, 11) is 0. The molecule has 0 radical (unpaired) electrons. The zero-order valence-electron chi connectivity index (χ0n) is 26.1. The highest BCUT2D eigenvalue weighted by Gasteiger charge is 2.34. The summed E-state index contributed by atoms with van der Waals surface area (Å²) in [6, 6.07) is 7.32. The smallest absolute Gasteiger partial charge is 0.340 e. The number of nitrogens with one attached hydrogen (secondary N) is 1. The number of nitrogens with zero attached hydrogens (tertiary/aromatic N) is 1. The van der Waals surface area contributed by atoms with Crippen LogP contribution in [0.25, 0.3) is 11.3 Å². The first kappa shape index (κ1) is 36.1. The first-order chi connectivity index (χ1) is 19.6. The van der Waals surface area contributed by atoms with Crippen LogP contribution in [0.5, 0.6) is 0 Å². The first-order valence-electron chi connectivity index (χ1n) is 15.2. The summed E-state index contributed by atoms with van der Waals surface area (Å²) in [6.07, 6.45) is 6.24. The van der Waals surface area contributed by atoms with Crippen LogP contribution < -0.4 is 5.32 Å². The Labute approximate surface area is 246 Å². The van der Waals surface area contributed by atoms with Gasteiger partial charge < -0.3 is 5.32 Å². The molecule has 228 valence electrons. The number of benzene rings is 1. The van der Waals surface area contributed by atoms with Gasteiger partial charge in [0.25, 0.3) is 0 Å². The zero-order chi connectivity index (χ0) is 31.0. The number of alkyl halides is 4. The van der Waals surface area contributed by atoms with Gasteiger partial charge in [-0.3, -0.25) is 0 Å². The average Bonchev–Trinajstić information content (AvgIpc) is 3.14. The van der Waals surface area contributed by atoms with Crippen LogP contribution in [0.4, 0.5) is 23.4 Å². The van der Waals surface area contributed by atoms with Gasteiger partial charge in [0.1, 0.15) is 12.0 Å². The lowest BCUT2D eigenvalue weighted by Gasteiger charge is -2.23. The molecule has 4 rings (SSSR count). The third kappa shape index (κ3) is 11.1. The number of hydrogen-bond acceptors (Lipinski definition) is 2. The van der Waals surface area contributed by atoms with Crippen molar-refractivity contribution in [3.8, 4) is 11.3 Å². The minimum Gasteiger partial charge on any atom is -0.340 e. The Hall–Kier alpha value is -2.89. The van der Waals surface area contributed by atoms with Crippen LogP contribution in [-0.2, 0) is 19.0 Å². The van der Waals surface area contributed by atoms with Gasteiger partial charge in [0.15, 0.2) is 0 Å². The van der Waals surface area contributed by atoms with E-state index in [0.717, 1.165) is 54.0 Å². The van der Waals surface area contributed by atoms with Crippen LogP contribution >= 0.6 is 0 Å². The van der Waals surface area contributed by atoms with E-state index in [-0.39, 0.29) is 5.56 Å². The summed E-state index contributed by atoms with van der Waals surface area (Å²) in [4.78, 5) is 4.64. The van der Waals surface area contributed by atoms with Gasteiger partial charge in [0.2, 0.25) is 0 Å². The number of aryl methyl sites for hydroxylation is 1. The number of pyridine rings is 1. The predicted octanol–water partition coefficient (Wildman–Crippen LogP) is 11.8. The molecule has 0 fully saturated rings. The third-order valence-electron chi connectivity index (χ3n) is 6.68. The minimum absolute atomic E-state index is 0.0649. The quantitative estimate of drug-likeness (QED) is 0.359. The standard InChI is InChI=1S/C26H26F4N2.C4H10.C3H8.C2H6/c1-16-11-12-19(27)13-14-20(16)17(2)31-25-21-8-4-3-7-18(21)15-24(32-25)22-9-5-6-10-23(22)26(28,29)30;1-3-4-2;1-3-2;1-2/h5-6,9-12,15,19H,2-4,7-8,13-14H2,1H3,(H,31,32);3-4H2,1-2H3;3H2,1-2H3;1-2H3. The van der Waals surface area contributed by atoms with E-state index in [0.29, 0.717) is 30.1 Å². The largest absolute Gasteiger partial charge is 0.417 e. The van der Waals surface area contributed by atoms with Gasteiger partial charge >= 0.3 is 6.18 Å². The lowest BCUT2D eigenvalue weighted by Crippen LogP contribution is -2.13. The number of fused-ring (bicyclic) bond motifs is 1. The topological polar surface area (TPSA) is 24.9 Å². The molecule has 0 saturated heterocycles. The molecule has 0 spiro atoms. The number of rotatable bonds is 5. The zero-order valence-corrected chi connectivity index (χ0v) is 26.1. The molecule has 1 heterocycles. The van der Waals surface area contributed by atoms with Crippen LogP contribution in [-0.4, -0.2) is 11.2 Å². The van der Waals surface area contributed by atoms with E-state index in [1.807, 2.05) is 20.8 Å². The van der Waals surface area contributed by atoms with Crippen molar-refractivity contribution in [2.45, 2.75) is 119 Å². The first-order valence-corrected chi connectivity index (χ1v) is 15.2. The Morgan fingerprint density at radius 1 is 1.00 bits per heavy atom. The second-order valence-electron chi connectivity index (χ2n) is 10.1. The molecule has 1 N–H and O–H groups in total. The molecule has 6 heteroatoms. The molecular formula is C35H50F4N2. The maximum absolute atomic E-state index is 13.8. The summed E-state index contributed by atoms with van der Waals surface area (Å²) in [5.41, 5.74) is 4.15. The predicted molar refractivity (Wildman–Crippen MR) is 168 cm³/mol. The van der Waals surface area contributed by atoms with E-state index >= 15 is 0 Å². The van der Waals surface area contributed by atoms with Gasteiger partial charge in [-0.25, -0.2) is 9.37 Å². The fourth-order valence-corrected chi connectivity index (χ4v) is 4.47. The molecule has 0 aliphatic heterocycles. The Balaban J connectivity index is 0.000000830. The molecule has 0 saturated carbocycles. The molecule has 2 aliphatic carbocycles. The molecule has 2 aliphatic rings. The summed E-state index contributed by atoms with van der Waals surface area (Å²) in [5.74, 6) is 0.546. The molecule has 1 aromatic heterocycles. The molecular weight excluding hydrogens is 524 g/mol. The molecule has 0 amide bonds. The Morgan fingerprint density at radius 3 is 2.22 bits per heavy atom. The molecule has 2 aromatic rings. The summed E-state index contributed by atoms with van der Waals surface area (Å²) >= 11 is 0. The average molecular weight is 575 g/mol. The lowest BCUT2D eigenvalue weighted by molar-refractivity contribution is -0.137. The molecule has 1 atom stereocenters. The maximum Gasteiger partial charge on any atom is 0.417 e. The van der Waals surface area contributed by atoms with Crippen molar-refractivity contribution in [3.63, 3.8) is 0 Å². The third-order valence-corrected chi connectivity index (χ3v) is 6.68. The Kier molecular flexibility index (Phi) is 16.3. The summed E-state index contributed by atoms with van der Waals surface area (Å²) in [5, 5.41) is 3.28. The van der Waals surface area contributed by atoms with Gasteiger partial charge in [-0.05, 0) is 79.9 Å². The highest BCUT2D eigenvalue weighted by atomic mass is 19.4. The van der Waals surface area contributed by atoms with E-state index in [1.165, 1.54) is 31.4 Å². The monoisotopic (exact) mass is 574 g/mol. The summed E-state index contributed by atoms with van der Waals surface area (Å²) < 4.78 is 54.7. The van der Waals surface area contributed by atoms with Crippen molar-refractivity contribution in [1.29, 1.82) is 0 Å². The highest BCUT2D eigenvalue weighted by Crippen LogP contribution is 2.39. The van der Waals surface area contributed by atoms with Gasteiger partial charge in [-0.2, -0.15) is 13.2 Å². The second-order valence-corrected chi connectivity index (χ2v) is 10.1. The molecule has 41 heavy (non-hydrogen) atoms. The molecule has 2 nitrogen and oxygen atoms in total. The minimum atomic E-state index is -4.47. The van der Waals surface area contributed by atoms with E-state index in [4.69, 9.17) is 0 Å². The van der Waals surface area contributed by atoms with Crippen LogP contribution in [0.1, 0.15) is 110 Å². The number of hydrogen-bond donors (Lipinski definition) is 1. The second kappa shape index (κ2) is 18.5. The normalized spacial score (nSPS) is 16.0. The Bertz CT molecular complexity index is 1140. The number of aromatic nitrogens is 1. The summed E-state index contributed by atoms with van der Waals surface area (Å²) in [6.45, 7) is 18.7. The van der Waals surface area contributed by atoms with Crippen molar-refractivity contribution >= 4 is 5.82 Å². The van der Waals surface area contributed by atoms with Crippen LogP contribution in [0, 0.1) is 0 Å². The van der Waals surface area contributed by atoms with Crippen molar-refractivity contribution < 1.29 is 17.6 Å². The number of unbranched alkanes of at least 4 members (excludes halogenated alkanes) is 1. The van der Waals surface area contributed by atoms with Crippen molar-refractivity contribution in [2.24, 2.45) is 0 Å². The van der Waals surface area contributed by atoms with Gasteiger partial charge in [0, 0.05) is 11.3 Å². The fourth-order valence-electron chi connectivity index (χ4n) is 4.47. The number of halogens is 4. The lowest BCUT2D eigenvalue weighted by atomic mass is 9.90. The van der Waals surface area contributed by atoms with Crippen molar-refractivity contribution in [3.05, 3.63) is 82.6 Å². The van der Waals surface area contributed by atoms with E-state index in [1.54, 1.807) is 24.3 Å². The number of allylic oxidation sites excluding steroid dienone is 4. The maximum atomic E-state index is 13.8. The van der Waals surface area contributed by atoms with Crippen molar-refractivity contribution in [2.75, 3.05) is 5.32 Å². The fraction of sp³-hybridized carbons (Fsp3) is 0.514. The van der Waals surface area contributed by atoms with Gasteiger partial charge in [0.05, 0.1) is 11.3 Å². The Morgan fingerprint density at radius 2 is 1.61 bits per heavy atom. The molecule has 1 unspecified atom stereocenters. The van der Waals surface area contributed by atoms with Gasteiger partial charge in [-0.15, -0.1) is 0 Å². The highest BCUT2D eigenvalue weighted by molar-refractivity contribution is 5.70. The van der Waals surface area contributed by atoms with Crippen molar-refractivity contribution in [1.82, 2.24) is 4.98 Å². The van der Waals surface area contributed by atoms with Crippen LogP contribution in [0.2, 0.25) is 0 Å².